The van der Waals surface area contributed by atoms with Crippen molar-refractivity contribution in [2.45, 2.75) is 18.9 Å². The molecule has 0 unspecified atom stereocenters. The number of nitrogens with zero attached hydrogens (tertiary/aromatic N) is 3. The number of carbonyl (C=O) groups excluding carboxylic acids is 2. The Morgan fingerprint density at radius 3 is 2.72 bits per heavy atom. The van der Waals surface area contributed by atoms with E-state index >= 15 is 0 Å². The third-order valence-electron chi connectivity index (χ3n) is 4.61. The third kappa shape index (κ3) is 4.28. The minimum Gasteiger partial charge on any atom is -0.329 e. The van der Waals surface area contributed by atoms with Crippen LogP contribution in [0.1, 0.15) is 44.1 Å². The molecule has 3 aromatic rings. The largest absolute Gasteiger partial charge is 0.329 e. The monoisotopic (exact) mass is 430 g/mol. The zero-order valence-electron chi connectivity index (χ0n) is 15.1. The minimum absolute atomic E-state index is 0.106. The van der Waals surface area contributed by atoms with E-state index in [9.17, 15) is 14.0 Å². The standard InChI is InChI=1S/C20H16ClFN4O2S/c21-13-8-6-12(7-9-13)20(28)26-10-2-5-16(26)18-24-25-19(29-18)17(27)23-15-4-1-3-14(22)11-15/h1,3-4,6-9,11,16H,2,5,10H2,(H,23,27)/t16-/m0/s1. The predicted octanol–water partition coefficient (Wildman–Crippen LogP) is 4.56. The average molecular weight is 431 g/mol. The van der Waals surface area contributed by atoms with E-state index in [4.69, 9.17) is 11.6 Å². The second kappa shape index (κ2) is 8.26. The van der Waals surface area contributed by atoms with E-state index in [0.29, 0.717) is 27.8 Å². The fraction of sp³-hybridized carbons (Fsp3) is 0.200. The number of amides is 2. The van der Waals surface area contributed by atoms with Crippen LogP contribution >= 0.6 is 22.9 Å². The number of benzene rings is 2. The van der Waals surface area contributed by atoms with Gasteiger partial charge in [-0.05, 0) is 55.3 Å². The Kier molecular flexibility index (Phi) is 5.55. The molecule has 4 rings (SSSR count). The quantitative estimate of drug-likeness (QED) is 0.658. The lowest BCUT2D eigenvalue weighted by Gasteiger charge is -2.22. The highest BCUT2D eigenvalue weighted by atomic mass is 35.5. The number of aromatic nitrogens is 2. The van der Waals surface area contributed by atoms with Crippen LogP contribution in [-0.4, -0.2) is 33.5 Å². The lowest BCUT2D eigenvalue weighted by molar-refractivity contribution is 0.0735. The van der Waals surface area contributed by atoms with Crippen LogP contribution in [0.2, 0.25) is 5.02 Å². The van der Waals surface area contributed by atoms with Crippen LogP contribution < -0.4 is 5.32 Å². The SMILES string of the molecule is O=C(Nc1cccc(F)c1)c1nnc([C@@H]2CCCN2C(=O)c2ccc(Cl)cc2)s1. The van der Waals surface area contributed by atoms with Crippen LogP contribution in [0.15, 0.2) is 48.5 Å². The molecule has 1 saturated heterocycles. The number of anilines is 1. The Balaban J connectivity index is 1.49. The van der Waals surface area contributed by atoms with Crippen LogP contribution in [0.5, 0.6) is 0 Å². The van der Waals surface area contributed by atoms with Gasteiger partial charge in [0.15, 0.2) is 0 Å². The van der Waals surface area contributed by atoms with Gasteiger partial charge < -0.3 is 10.2 Å². The van der Waals surface area contributed by atoms with Crippen LogP contribution in [0.4, 0.5) is 10.1 Å². The molecule has 0 saturated carbocycles. The van der Waals surface area contributed by atoms with Crippen molar-refractivity contribution in [3.8, 4) is 0 Å². The highest BCUT2D eigenvalue weighted by Crippen LogP contribution is 2.35. The predicted molar refractivity (Wildman–Crippen MR) is 109 cm³/mol. The number of hydrogen-bond acceptors (Lipinski definition) is 5. The molecule has 1 N–H and O–H groups in total. The topological polar surface area (TPSA) is 75.2 Å². The molecule has 1 fully saturated rings. The first kappa shape index (κ1) is 19.5. The van der Waals surface area contributed by atoms with Gasteiger partial charge in [0.1, 0.15) is 10.8 Å². The normalized spacial score (nSPS) is 16.1. The smallest absolute Gasteiger partial charge is 0.286 e. The van der Waals surface area contributed by atoms with Crippen molar-refractivity contribution < 1.29 is 14.0 Å². The van der Waals surface area contributed by atoms with Crippen molar-refractivity contribution in [3.63, 3.8) is 0 Å². The van der Waals surface area contributed by atoms with Gasteiger partial charge in [-0.15, -0.1) is 10.2 Å². The Bertz CT molecular complexity index is 1060. The summed E-state index contributed by atoms with van der Waals surface area (Å²) in [5.41, 5.74) is 0.891. The van der Waals surface area contributed by atoms with Gasteiger partial charge in [0.2, 0.25) is 5.01 Å². The number of nitrogens with one attached hydrogen (secondary N) is 1. The molecular weight excluding hydrogens is 415 g/mol. The van der Waals surface area contributed by atoms with Crippen LogP contribution in [0.3, 0.4) is 0 Å². The maximum atomic E-state index is 13.3. The number of hydrogen-bond donors (Lipinski definition) is 1. The number of halogens is 2. The van der Waals surface area contributed by atoms with Crippen molar-refractivity contribution in [2.24, 2.45) is 0 Å². The maximum absolute atomic E-state index is 13.3. The van der Waals surface area contributed by atoms with E-state index in [2.05, 4.69) is 15.5 Å². The van der Waals surface area contributed by atoms with Gasteiger partial charge in [-0.3, -0.25) is 9.59 Å². The molecule has 1 aromatic heterocycles. The van der Waals surface area contributed by atoms with Crippen molar-refractivity contribution in [1.29, 1.82) is 0 Å². The summed E-state index contributed by atoms with van der Waals surface area (Å²) >= 11 is 7.04. The van der Waals surface area contributed by atoms with Crippen LogP contribution in [0.25, 0.3) is 0 Å². The number of likely N-dealkylation sites (tertiary alicyclic amines) is 1. The summed E-state index contributed by atoms with van der Waals surface area (Å²) in [6.45, 7) is 0.608. The molecule has 6 nitrogen and oxygen atoms in total. The Hall–Kier alpha value is -2.84. The van der Waals surface area contributed by atoms with E-state index in [0.717, 1.165) is 24.2 Å². The molecule has 2 amide bonds. The zero-order chi connectivity index (χ0) is 20.4. The van der Waals surface area contributed by atoms with E-state index in [1.807, 2.05) is 0 Å². The van der Waals surface area contributed by atoms with Crippen molar-refractivity contribution in [1.82, 2.24) is 15.1 Å². The molecule has 1 aliphatic heterocycles. The molecule has 1 atom stereocenters. The van der Waals surface area contributed by atoms with Gasteiger partial charge >= 0.3 is 0 Å². The van der Waals surface area contributed by atoms with E-state index in [-0.39, 0.29) is 17.0 Å². The van der Waals surface area contributed by atoms with Crippen molar-refractivity contribution in [2.75, 3.05) is 11.9 Å². The maximum Gasteiger partial charge on any atom is 0.286 e. The fourth-order valence-electron chi connectivity index (χ4n) is 3.24. The summed E-state index contributed by atoms with van der Waals surface area (Å²) in [5, 5.41) is 12.0. The summed E-state index contributed by atoms with van der Waals surface area (Å²) in [5.74, 6) is -1.01. The van der Waals surface area contributed by atoms with Crippen molar-refractivity contribution >= 4 is 40.4 Å². The molecule has 29 heavy (non-hydrogen) atoms. The number of rotatable bonds is 4. The molecule has 148 valence electrons. The average Bonchev–Trinajstić information content (AvgIpc) is 3.37. The molecule has 1 aliphatic rings. The Labute approximate surface area is 175 Å². The van der Waals surface area contributed by atoms with E-state index in [1.165, 1.54) is 18.2 Å². The highest BCUT2D eigenvalue weighted by Gasteiger charge is 2.33. The molecule has 0 spiro atoms. The lowest BCUT2D eigenvalue weighted by Crippen LogP contribution is -2.30. The second-order valence-corrected chi connectivity index (χ2v) is 8.02. The molecule has 2 heterocycles. The summed E-state index contributed by atoms with van der Waals surface area (Å²) < 4.78 is 13.3. The number of carbonyl (C=O) groups is 2. The molecule has 0 radical (unpaired) electrons. The molecular formula is C20H16ClFN4O2S. The van der Waals surface area contributed by atoms with E-state index in [1.54, 1.807) is 35.2 Å². The molecule has 0 bridgehead atoms. The third-order valence-corrected chi connectivity index (χ3v) is 5.88. The summed E-state index contributed by atoms with van der Waals surface area (Å²) in [7, 11) is 0. The minimum atomic E-state index is -0.465. The zero-order valence-corrected chi connectivity index (χ0v) is 16.7. The first-order valence-corrected chi connectivity index (χ1v) is 10.2. The van der Waals surface area contributed by atoms with Gasteiger partial charge in [0.25, 0.3) is 11.8 Å². The lowest BCUT2D eigenvalue weighted by atomic mass is 10.1. The van der Waals surface area contributed by atoms with Crippen LogP contribution in [-0.2, 0) is 0 Å². The van der Waals surface area contributed by atoms with Crippen molar-refractivity contribution in [3.05, 3.63) is 74.9 Å². The summed E-state index contributed by atoms with van der Waals surface area (Å²) in [4.78, 5) is 27.0. The summed E-state index contributed by atoms with van der Waals surface area (Å²) in [6.07, 6.45) is 1.59. The van der Waals surface area contributed by atoms with Gasteiger partial charge in [-0.25, -0.2) is 4.39 Å². The first-order chi connectivity index (χ1) is 14.0. The molecule has 9 heteroatoms. The van der Waals surface area contributed by atoms with E-state index < -0.39 is 11.7 Å². The first-order valence-electron chi connectivity index (χ1n) is 8.98. The van der Waals surface area contributed by atoms with Gasteiger partial charge in [0, 0.05) is 22.8 Å². The highest BCUT2D eigenvalue weighted by molar-refractivity contribution is 7.13. The Morgan fingerprint density at radius 2 is 1.97 bits per heavy atom. The summed E-state index contributed by atoms with van der Waals surface area (Å²) in [6, 6.07) is 12.1. The van der Waals surface area contributed by atoms with Gasteiger partial charge in [0.05, 0.1) is 6.04 Å². The van der Waals surface area contributed by atoms with Gasteiger partial charge in [-0.1, -0.05) is 29.0 Å². The fourth-order valence-corrected chi connectivity index (χ4v) is 4.25. The van der Waals surface area contributed by atoms with Gasteiger partial charge in [-0.2, -0.15) is 0 Å². The molecule has 0 aliphatic carbocycles. The Morgan fingerprint density at radius 1 is 1.17 bits per heavy atom. The molecule has 2 aromatic carbocycles. The van der Waals surface area contributed by atoms with Crippen LogP contribution in [0, 0.1) is 5.82 Å². The second-order valence-electron chi connectivity index (χ2n) is 6.57.